The van der Waals surface area contributed by atoms with Crippen LogP contribution >= 0.6 is 23.4 Å². The summed E-state index contributed by atoms with van der Waals surface area (Å²) in [5.74, 6) is 0.367. The number of carbonyl (C=O) groups is 1. The van der Waals surface area contributed by atoms with Gasteiger partial charge in [-0.25, -0.2) is 4.98 Å². The Bertz CT molecular complexity index is 1630. The Labute approximate surface area is 210 Å². The minimum atomic E-state index is -0.242. The molecular weight excluding hydrogens is 482 g/mol. The number of nitrogens with zero attached hydrogens (tertiary/aromatic N) is 2. The van der Waals surface area contributed by atoms with Crippen LogP contribution in [0.1, 0.15) is 0 Å². The van der Waals surface area contributed by atoms with Crippen molar-refractivity contribution in [3.8, 4) is 11.4 Å². The summed E-state index contributed by atoms with van der Waals surface area (Å²) in [6, 6.07) is 25.8. The second-order valence-electron chi connectivity index (χ2n) is 7.73. The zero-order valence-electron chi connectivity index (χ0n) is 18.7. The van der Waals surface area contributed by atoms with E-state index in [0.717, 1.165) is 16.5 Å². The number of para-hydroxylation sites is 1. The van der Waals surface area contributed by atoms with Crippen LogP contribution in [0.15, 0.2) is 94.9 Å². The Morgan fingerprint density at radius 2 is 1.74 bits per heavy atom. The summed E-state index contributed by atoms with van der Waals surface area (Å²) in [6.45, 7) is 0. The summed E-state index contributed by atoms with van der Waals surface area (Å²) in [4.78, 5) is 31.0. The molecule has 0 spiro atoms. The number of amides is 1. The van der Waals surface area contributed by atoms with Gasteiger partial charge in [-0.05, 0) is 41.8 Å². The van der Waals surface area contributed by atoms with Crippen LogP contribution in [0, 0.1) is 0 Å². The van der Waals surface area contributed by atoms with E-state index in [0.29, 0.717) is 32.5 Å². The highest BCUT2D eigenvalue weighted by Gasteiger charge is 2.16. The van der Waals surface area contributed by atoms with Gasteiger partial charge < -0.3 is 10.1 Å². The maximum absolute atomic E-state index is 13.4. The third kappa shape index (κ3) is 4.60. The quantitative estimate of drug-likeness (QED) is 0.230. The van der Waals surface area contributed by atoms with Crippen LogP contribution in [0.4, 0.5) is 5.69 Å². The highest BCUT2D eigenvalue weighted by atomic mass is 35.5. The molecule has 5 aromatic rings. The van der Waals surface area contributed by atoms with Crippen molar-refractivity contribution in [2.75, 3.05) is 18.2 Å². The van der Waals surface area contributed by atoms with Gasteiger partial charge in [-0.1, -0.05) is 71.9 Å². The molecule has 1 N–H and O–H groups in total. The van der Waals surface area contributed by atoms with Crippen LogP contribution in [-0.4, -0.2) is 28.3 Å². The molecule has 0 radical (unpaired) electrons. The van der Waals surface area contributed by atoms with Gasteiger partial charge in [0.25, 0.3) is 5.56 Å². The molecule has 6 nitrogen and oxygen atoms in total. The Morgan fingerprint density at radius 1 is 1.00 bits per heavy atom. The molecule has 0 fully saturated rings. The monoisotopic (exact) mass is 501 g/mol. The predicted octanol–water partition coefficient (Wildman–Crippen LogP) is 5.93. The predicted molar refractivity (Wildman–Crippen MR) is 142 cm³/mol. The molecule has 0 atom stereocenters. The number of aromatic nitrogens is 2. The van der Waals surface area contributed by atoms with Gasteiger partial charge in [-0.15, -0.1) is 0 Å². The average molecular weight is 502 g/mol. The van der Waals surface area contributed by atoms with Gasteiger partial charge in [-0.3, -0.25) is 14.2 Å². The fourth-order valence-corrected chi connectivity index (χ4v) is 4.95. The Hall–Kier alpha value is -3.81. The summed E-state index contributed by atoms with van der Waals surface area (Å²) in [5, 5.41) is 6.22. The number of ether oxygens (including phenoxy) is 1. The molecule has 35 heavy (non-hydrogen) atoms. The van der Waals surface area contributed by atoms with E-state index in [9.17, 15) is 9.59 Å². The lowest BCUT2D eigenvalue weighted by atomic mass is 10.1. The highest BCUT2D eigenvalue weighted by molar-refractivity contribution is 7.99. The molecule has 0 aliphatic heterocycles. The fraction of sp³-hybridized carbons (Fsp3) is 0.0741. The number of benzene rings is 4. The van der Waals surface area contributed by atoms with Crippen LogP contribution in [0.25, 0.3) is 27.4 Å². The third-order valence-electron chi connectivity index (χ3n) is 5.53. The molecule has 0 aliphatic rings. The van der Waals surface area contributed by atoms with Gasteiger partial charge in [0.2, 0.25) is 5.91 Å². The zero-order valence-corrected chi connectivity index (χ0v) is 20.3. The first kappa shape index (κ1) is 23.0. The topological polar surface area (TPSA) is 73.2 Å². The zero-order chi connectivity index (χ0) is 24.4. The van der Waals surface area contributed by atoms with Crippen molar-refractivity contribution in [2.24, 2.45) is 0 Å². The molecule has 0 saturated carbocycles. The maximum atomic E-state index is 13.4. The van der Waals surface area contributed by atoms with E-state index in [1.54, 1.807) is 36.4 Å². The number of halogens is 1. The summed E-state index contributed by atoms with van der Waals surface area (Å²) >= 11 is 7.52. The molecule has 174 valence electrons. The Kier molecular flexibility index (Phi) is 6.44. The first-order valence-electron chi connectivity index (χ1n) is 10.8. The van der Waals surface area contributed by atoms with E-state index in [1.807, 2.05) is 48.5 Å². The molecule has 4 aromatic carbocycles. The van der Waals surface area contributed by atoms with Crippen molar-refractivity contribution in [3.63, 3.8) is 0 Å². The van der Waals surface area contributed by atoms with E-state index < -0.39 is 0 Å². The maximum Gasteiger partial charge on any atom is 0.266 e. The third-order valence-corrected chi connectivity index (χ3v) is 6.77. The summed E-state index contributed by atoms with van der Waals surface area (Å²) in [5.41, 5.74) is 1.59. The molecule has 0 bridgehead atoms. The molecule has 1 amide bonds. The molecule has 8 heteroatoms. The molecule has 0 aliphatic carbocycles. The van der Waals surface area contributed by atoms with Crippen LogP contribution in [0.5, 0.6) is 5.75 Å². The first-order chi connectivity index (χ1) is 17.0. The summed E-state index contributed by atoms with van der Waals surface area (Å²) in [6.07, 6.45) is 0. The van der Waals surface area contributed by atoms with E-state index >= 15 is 0 Å². The normalized spacial score (nSPS) is 11.0. The average Bonchev–Trinajstić information content (AvgIpc) is 2.88. The van der Waals surface area contributed by atoms with Crippen molar-refractivity contribution in [1.29, 1.82) is 0 Å². The van der Waals surface area contributed by atoms with Gasteiger partial charge in [0.1, 0.15) is 5.75 Å². The second kappa shape index (κ2) is 9.82. The number of hydrogen-bond acceptors (Lipinski definition) is 5. The van der Waals surface area contributed by atoms with Gasteiger partial charge in [0.15, 0.2) is 5.16 Å². The number of rotatable bonds is 6. The van der Waals surface area contributed by atoms with E-state index in [4.69, 9.17) is 16.3 Å². The summed E-state index contributed by atoms with van der Waals surface area (Å²) in [7, 11) is 1.53. The number of hydrogen-bond donors (Lipinski definition) is 1. The van der Waals surface area contributed by atoms with E-state index in [2.05, 4.69) is 10.3 Å². The van der Waals surface area contributed by atoms with Crippen molar-refractivity contribution in [3.05, 3.63) is 100 Å². The van der Waals surface area contributed by atoms with Crippen LogP contribution in [-0.2, 0) is 4.79 Å². The number of nitrogens with one attached hydrogen (secondary N) is 1. The Balaban J connectivity index is 1.48. The highest BCUT2D eigenvalue weighted by Crippen LogP contribution is 2.29. The number of carbonyl (C=O) groups excluding carboxylic acids is 1. The van der Waals surface area contributed by atoms with E-state index in [-0.39, 0.29) is 17.2 Å². The van der Waals surface area contributed by atoms with Crippen molar-refractivity contribution < 1.29 is 9.53 Å². The minimum Gasteiger partial charge on any atom is -0.495 e. The number of fused-ring (bicyclic) bond motifs is 2. The SMILES string of the molecule is COc1ccc(-n2c(SCC(=O)Nc3cccc4ccccc34)nc3ccccc3c2=O)cc1Cl. The molecule has 5 rings (SSSR count). The Morgan fingerprint density at radius 3 is 2.54 bits per heavy atom. The molecule has 0 unspecified atom stereocenters. The molecule has 0 saturated heterocycles. The van der Waals surface area contributed by atoms with Crippen molar-refractivity contribution in [2.45, 2.75) is 5.16 Å². The van der Waals surface area contributed by atoms with Gasteiger partial charge >= 0.3 is 0 Å². The number of thioether (sulfide) groups is 1. The first-order valence-corrected chi connectivity index (χ1v) is 12.2. The smallest absolute Gasteiger partial charge is 0.266 e. The molecular formula is C27H20ClN3O3S. The lowest BCUT2D eigenvalue weighted by Gasteiger charge is -2.14. The molecule has 1 heterocycles. The largest absolute Gasteiger partial charge is 0.495 e. The number of anilines is 1. The fourth-order valence-electron chi connectivity index (χ4n) is 3.88. The standard InChI is InChI=1S/C27H20ClN3O3S/c1-34-24-14-13-18(15-21(24)28)31-26(33)20-10-4-5-11-23(20)30-27(31)35-16-25(32)29-22-12-6-8-17-7-2-3-9-19(17)22/h2-15H,16H2,1H3,(H,29,32). The summed E-state index contributed by atoms with van der Waals surface area (Å²) < 4.78 is 6.72. The molecule has 1 aromatic heterocycles. The van der Waals surface area contributed by atoms with Crippen molar-refractivity contribution in [1.82, 2.24) is 9.55 Å². The van der Waals surface area contributed by atoms with E-state index in [1.165, 1.54) is 23.4 Å². The lowest BCUT2D eigenvalue weighted by Crippen LogP contribution is -2.23. The van der Waals surface area contributed by atoms with Crippen LogP contribution in [0.3, 0.4) is 0 Å². The van der Waals surface area contributed by atoms with Crippen LogP contribution < -0.4 is 15.6 Å². The van der Waals surface area contributed by atoms with Gasteiger partial charge in [0, 0.05) is 11.1 Å². The van der Waals surface area contributed by atoms with Gasteiger partial charge in [0.05, 0.1) is 34.5 Å². The lowest BCUT2D eigenvalue weighted by molar-refractivity contribution is -0.113. The van der Waals surface area contributed by atoms with Crippen molar-refractivity contribution >= 4 is 56.6 Å². The van der Waals surface area contributed by atoms with Crippen LogP contribution in [0.2, 0.25) is 5.02 Å². The number of methoxy groups -OCH3 is 1. The van der Waals surface area contributed by atoms with Gasteiger partial charge in [-0.2, -0.15) is 0 Å². The second-order valence-corrected chi connectivity index (χ2v) is 9.08. The minimum absolute atomic E-state index is 0.0673.